The van der Waals surface area contributed by atoms with Crippen molar-refractivity contribution in [1.82, 2.24) is 19.4 Å². The molecule has 1 fully saturated rings. The molecular formula is C26H30F3N5O3. The number of fused-ring (bicyclic) bond motifs is 1. The van der Waals surface area contributed by atoms with Crippen molar-refractivity contribution < 1.29 is 27.5 Å². The minimum absolute atomic E-state index is 0.186. The number of hydrogen-bond acceptors (Lipinski definition) is 5. The zero-order valence-electron chi connectivity index (χ0n) is 21.2. The number of nitrogens with one attached hydrogen (secondary N) is 1. The zero-order valence-corrected chi connectivity index (χ0v) is 21.2. The van der Waals surface area contributed by atoms with Crippen LogP contribution in [0.25, 0.3) is 11.0 Å². The quantitative estimate of drug-likeness (QED) is 0.462. The topological polar surface area (TPSA) is 89.4 Å². The number of anilines is 1. The first-order chi connectivity index (χ1) is 17.3. The monoisotopic (exact) mass is 517 g/mol. The van der Waals surface area contributed by atoms with Gasteiger partial charge in [0.05, 0.1) is 17.1 Å². The van der Waals surface area contributed by atoms with Crippen molar-refractivity contribution in [2.24, 2.45) is 0 Å². The molecule has 0 saturated carbocycles. The Morgan fingerprint density at radius 2 is 1.89 bits per heavy atom. The van der Waals surface area contributed by atoms with Crippen LogP contribution in [-0.4, -0.2) is 50.1 Å². The molecule has 3 heterocycles. The van der Waals surface area contributed by atoms with Gasteiger partial charge in [0.2, 0.25) is 5.95 Å². The fraction of sp³-hybridized carbons (Fsp3) is 0.462. The maximum Gasteiger partial charge on any atom is 0.433 e. The molecule has 37 heavy (non-hydrogen) atoms. The average Bonchev–Trinajstić information content (AvgIpc) is 2.99. The predicted octanol–water partition coefficient (Wildman–Crippen LogP) is 5.97. The summed E-state index contributed by atoms with van der Waals surface area (Å²) in [7, 11) is 0. The smallest absolute Gasteiger partial charge is 0.433 e. The van der Waals surface area contributed by atoms with E-state index in [2.05, 4.69) is 15.3 Å². The zero-order chi connectivity index (χ0) is 27.0. The van der Waals surface area contributed by atoms with E-state index in [1.807, 2.05) is 50.5 Å². The van der Waals surface area contributed by atoms with E-state index in [0.29, 0.717) is 24.7 Å². The summed E-state index contributed by atoms with van der Waals surface area (Å²) in [5, 5.41) is 2.71. The van der Waals surface area contributed by atoms with Gasteiger partial charge in [-0.2, -0.15) is 13.2 Å². The molecule has 1 saturated heterocycles. The number of nitrogens with zero attached hydrogens (tertiary/aromatic N) is 4. The van der Waals surface area contributed by atoms with E-state index in [9.17, 15) is 22.8 Å². The van der Waals surface area contributed by atoms with Gasteiger partial charge in [-0.05, 0) is 70.7 Å². The molecule has 3 aromatic rings. The Morgan fingerprint density at radius 3 is 2.59 bits per heavy atom. The number of ether oxygens (including phenoxy) is 1. The molecule has 0 bridgehead atoms. The number of aryl methyl sites for hydroxylation is 1. The van der Waals surface area contributed by atoms with Gasteiger partial charge in [0.25, 0.3) is 5.91 Å². The second-order valence-corrected chi connectivity index (χ2v) is 10.2. The van der Waals surface area contributed by atoms with Crippen LogP contribution in [0.5, 0.6) is 0 Å². The molecule has 0 aliphatic carbocycles. The standard InChI is InChI=1S/C26H30F3N5O3/c1-16-8-7-10-19-21(16)34(18-9-5-6-13-33(15-18)24(36)37-25(2,3)4)23(31-19)32-22(35)17-11-12-30-20(14-17)26(27,28)29/h7-8,10-12,14,18H,5-6,9,13,15H2,1-4H3,(H,31,32,35). The first kappa shape index (κ1) is 26.4. The maximum atomic E-state index is 13.1. The average molecular weight is 518 g/mol. The first-order valence-corrected chi connectivity index (χ1v) is 12.1. The molecule has 1 aromatic carbocycles. The highest BCUT2D eigenvalue weighted by atomic mass is 19.4. The molecule has 1 unspecified atom stereocenters. The number of likely N-dealkylation sites (tertiary alicyclic amines) is 1. The normalized spacial score (nSPS) is 16.9. The summed E-state index contributed by atoms with van der Waals surface area (Å²) in [5.41, 5.74) is 0.362. The van der Waals surface area contributed by atoms with Gasteiger partial charge < -0.3 is 14.2 Å². The molecule has 8 nitrogen and oxygen atoms in total. The van der Waals surface area contributed by atoms with Gasteiger partial charge >= 0.3 is 12.3 Å². The Labute approximate surface area is 212 Å². The highest BCUT2D eigenvalue weighted by molar-refractivity contribution is 6.04. The van der Waals surface area contributed by atoms with Crippen LogP contribution < -0.4 is 5.32 Å². The number of hydrogen-bond donors (Lipinski definition) is 1. The highest BCUT2D eigenvalue weighted by Crippen LogP contribution is 2.33. The fourth-order valence-corrected chi connectivity index (χ4v) is 4.49. The number of para-hydroxylation sites is 1. The van der Waals surface area contributed by atoms with Crippen LogP contribution in [0.4, 0.5) is 23.9 Å². The lowest BCUT2D eigenvalue weighted by atomic mass is 10.1. The van der Waals surface area contributed by atoms with Crippen LogP contribution in [0.1, 0.15) is 67.7 Å². The predicted molar refractivity (Wildman–Crippen MR) is 132 cm³/mol. The number of halogens is 3. The van der Waals surface area contributed by atoms with E-state index in [0.717, 1.165) is 36.5 Å². The van der Waals surface area contributed by atoms with Gasteiger partial charge in [0.15, 0.2) is 0 Å². The van der Waals surface area contributed by atoms with E-state index in [-0.39, 0.29) is 17.6 Å². The molecule has 1 aliphatic heterocycles. The fourth-order valence-electron chi connectivity index (χ4n) is 4.49. The van der Waals surface area contributed by atoms with E-state index >= 15 is 0 Å². The number of alkyl halides is 3. The van der Waals surface area contributed by atoms with E-state index < -0.39 is 29.5 Å². The molecule has 0 spiro atoms. The highest BCUT2D eigenvalue weighted by Gasteiger charge is 2.33. The van der Waals surface area contributed by atoms with Crippen LogP contribution in [0.15, 0.2) is 36.5 Å². The lowest BCUT2D eigenvalue weighted by Crippen LogP contribution is -2.39. The summed E-state index contributed by atoms with van der Waals surface area (Å²) >= 11 is 0. The molecule has 2 amide bonds. The van der Waals surface area contributed by atoms with Crippen molar-refractivity contribution >= 4 is 29.0 Å². The van der Waals surface area contributed by atoms with Crippen molar-refractivity contribution in [3.05, 3.63) is 53.3 Å². The lowest BCUT2D eigenvalue weighted by molar-refractivity contribution is -0.141. The number of imidazole rings is 1. The van der Waals surface area contributed by atoms with Crippen LogP contribution in [0.2, 0.25) is 0 Å². The van der Waals surface area contributed by atoms with Gasteiger partial charge in [-0.25, -0.2) is 9.78 Å². The van der Waals surface area contributed by atoms with Gasteiger partial charge in [-0.3, -0.25) is 15.1 Å². The molecule has 4 rings (SSSR count). The number of carbonyl (C=O) groups is 2. The van der Waals surface area contributed by atoms with E-state index in [1.165, 1.54) is 6.07 Å². The van der Waals surface area contributed by atoms with Gasteiger partial charge in [0.1, 0.15) is 11.3 Å². The minimum Gasteiger partial charge on any atom is -0.444 e. The summed E-state index contributed by atoms with van der Waals surface area (Å²) in [5.74, 6) is -0.532. The third-order valence-electron chi connectivity index (χ3n) is 6.11. The van der Waals surface area contributed by atoms with Gasteiger partial charge in [-0.15, -0.1) is 0 Å². The molecule has 1 atom stereocenters. The van der Waals surface area contributed by atoms with Crippen molar-refractivity contribution in [1.29, 1.82) is 0 Å². The Balaban J connectivity index is 1.71. The van der Waals surface area contributed by atoms with E-state index in [1.54, 1.807) is 4.90 Å². The molecule has 11 heteroatoms. The van der Waals surface area contributed by atoms with Crippen LogP contribution in [-0.2, 0) is 10.9 Å². The molecule has 1 N–H and O–H groups in total. The second kappa shape index (κ2) is 10.0. The lowest BCUT2D eigenvalue weighted by Gasteiger charge is -2.29. The first-order valence-electron chi connectivity index (χ1n) is 12.1. The number of aromatic nitrogens is 3. The summed E-state index contributed by atoms with van der Waals surface area (Å²) in [6.07, 6.45) is -1.79. The Bertz CT molecular complexity index is 1310. The third kappa shape index (κ3) is 6.03. The van der Waals surface area contributed by atoms with E-state index in [4.69, 9.17) is 4.74 Å². The van der Waals surface area contributed by atoms with Crippen LogP contribution in [0, 0.1) is 6.92 Å². The Morgan fingerprint density at radius 1 is 1.14 bits per heavy atom. The number of rotatable bonds is 3. The van der Waals surface area contributed by atoms with Crippen molar-refractivity contribution in [2.75, 3.05) is 18.4 Å². The summed E-state index contributed by atoms with van der Waals surface area (Å²) in [6, 6.07) is 7.28. The summed E-state index contributed by atoms with van der Waals surface area (Å²) < 4.78 is 46.9. The second-order valence-electron chi connectivity index (χ2n) is 10.2. The molecule has 1 aliphatic rings. The van der Waals surface area contributed by atoms with Crippen molar-refractivity contribution in [3.63, 3.8) is 0 Å². The number of pyridine rings is 1. The van der Waals surface area contributed by atoms with Crippen molar-refractivity contribution in [2.45, 2.75) is 64.8 Å². The SMILES string of the molecule is Cc1cccc2nc(NC(=O)c3ccnc(C(F)(F)F)c3)n(C3CCCCN(C(=O)OC(C)(C)C)C3)c12. The Kier molecular flexibility index (Phi) is 7.16. The van der Waals surface area contributed by atoms with Crippen LogP contribution in [0.3, 0.4) is 0 Å². The van der Waals surface area contributed by atoms with Crippen LogP contribution >= 0.6 is 0 Å². The Hall–Kier alpha value is -3.63. The molecule has 2 aromatic heterocycles. The molecular weight excluding hydrogens is 487 g/mol. The minimum atomic E-state index is -4.67. The summed E-state index contributed by atoms with van der Waals surface area (Å²) in [4.78, 5) is 35.5. The largest absolute Gasteiger partial charge is 0.444 e. The number of carbonyl (C=O) groups excluding carboxylic acids is 2. The van der Waals surface area contributed by atoms with Gasteiger partial charge in [0, 0.05) is 24.8 Å². The summed E-state index contributed by atoms with van der Waals surface area (Å²) in [6.45, 7) is 8.23. The third-order valence-corrected chi connectivity index (χ3v) is 6.11. The number of amides is 2. The van der Waals surface area contributed by atoms with Crippen molar-refractivity contribution in [3.8, 4) is 0 Å². The molecule has 198 valence electrons. The molecule has 0 radical (unpaired) electrons. The van der Waals surface area contributed by atoms with Gasteiger partial charge in [-0.1, -0.05) is 12.1 Å². The maximum absolute atomic E-state index is 13.1. The number of benzene rings is 1.